The number of para-hydroxylation sites is 1. The maximum absolute atomic E-state index is 14.1. The summed E-state index contributed by atoms with van der Waals surface area (Å²) in [5.74, 6) is -0.321. The lowest BCUT2D eigenvalue weighted by Crippen LogP contribution is -2.52. The van der Waals surface area contributed by atoms with Gasteiger partial charge in [0.15, 0.2) is 0 Å². The van der Waals surface area contributed by atoms with Crippen LogP contribution in [-0.2, 0) is 26.2 Å². The second-order valence-electron chi connectivity index (χ2n) is 10.9. The van der Waals surface area contributed by atoms with Gasteiger partial charge in [-0.15, -0.1) is 0 Å². The van der Waals surface area contributed by atoms with Crippen LogP contribution in [0.15, 0.2) is 108 Å². The van der Waals surface area contributed by atoms with E-state index in [0.29, 0.717) is 23.5 Å². The lowest BCUT2D eigenvalue weighted by molar-refractivity contribution is -0.139. The van der Waals surface area contributed by atoms with Crippen LogP contribution in [0.25, 0.3) is 0 Å². The number of carbonyl (C=O) groups excluding carboxylic acids is 2. The largest absolute Gasteiger partial charge is 0.457 e. The number of anilines is 1. The van der Waals surface area contributed by atoms with Gasteiger partial charge in [0.25, 0.3) is 10.0 Å². The number of benzene rings is 4. The summed E-state index contributed by atoms with van der Waals surface area (Å²) >= 11 is 0. The molecule has 2 unspecified atom stereocenters. The number of aryl methyl sites for hydroxylation is 1. The van der Waals surface area contributed by atoms with E-state index in [9.17, 15) is 22.4 Å². The van der Waals surface area contributed by atoms with Crippen LogP contribution in [0.2, 0.25) is 0 Å². The van der Waals surface area contributed by atoms with Crippen LogP contribution in [0.3, 0.4) is 0 Å². The first-order valence-corrected chi connectivity index (χ1v) is 16.2. The van der Waals surface area contributed by atoms with E-state index in [0.717, 1.165) is 9.87 Å². The molecule has 0 aliphatic heterocycles. The molecule has 0 fully saturated rings. The van der Waals surface area contributed by atoms with Gasteiger partial charge in [-0.25, -0.2) is 12.8 Å². The van der Waals surface area contributed by atoms with Crippen molar-refractivity contribution in [1.29, 1.82) is 0 Å². The highest BCUT2D eigenvalue weighted by molar-refractivity contribution is 7.92. The maximum Gasteiger partial charge on any atom is 0.264 e. The number of halogens is 1. The number of hydrogen-bond acceptors (Lipinski definition) is 5. The van der Waals surface area contributed by atoms with E-state index in [-0.39, 0.29) is 29.1 Å². The summed E-state index contributed by atoms with van der Waals surface area (Å²) in [6.07, 6.45) is 0.691. The number of amides is 2. The molecule has 45 heavy (non-hydrogen) atoms. The molecule has 4 aromatic carbocycles. The lowest BCUT2D eigenvalue weighted by atomic mass is 10.1. The number of hydrogen-bond donors (Lipinski definition) is 1. The number of ether oxygens (including phenoxy) is 1. The number of nitrogens with zero attached hydrogens (tertiary/aromatic N) is 2. The van der Waals surface area contributed by atoms with Gasteiger partial charge in [0.2, 0.25) is 11.8 Å². The highest BCUT2D eigenvalue weighted by Crippen LogP contribution is 2.29. The summed E-state index contributed by atoms with van der Waals surface area (Å²) in [6.45, 7) is 6.61. The quantitative estimate of drug-likeness (QED) is 0.183. The SMILES string of the molecule is CCC(C)NC(=O)C(C)N(Cc1ccc(F)cc1)C(=O)CN(c1ccc(Oc2ccccc2)cc1)S(=O)(=O)c1ccc(C)cc1. The van der Waals surface area contributed by atoms with Gasteiger partial charge in [-0.05, 0) is 93.4 Å². The van der Waals surface area contributed by atoms with Gasteiger partial charge in [0.05, 0.1) is 10.6 Å². The minimum Gasteiger partial charge on any atom is -0.457 e. The average molecular weight is 632 g/mol. The molecule has 0 aromatic heterocycles. The van der Waals surface area contributed by atoms with Crippen molar-refractivity contribution in [2.75, 3.05) is 10.8 Å². The lowest BCUT2D eigenvalue weighted by Gasteiger charge is -2.32. The summed E-state index contributed by atoms with van der Waals surface area (Å²) in [4.78, 5) is 28.6. The third-order valence-corrected chi connectivity index (χ3v) is 9.21. The maximum atomic E-state index is 14.1. The van der Waals surface area contributed by atoms with Crippen molar-refractivity contribution < 1.29 is 27.1 Å². The molecular formula is C35H38FN3O5S. The zero-order chi connectivity index (χ0) is 32.6. The van der Waals surface area contributed by atoms with E-state index < -0.39 is 34.3 Å². The number of carbonyl (C=O) groups is 2. The molecule has 8 nitrogen and oxygen atoms in total. The summed E-state index contributed by atoms with van der Waals surface area (Å²) in [7, 11) is -4.22. The average Bonchev–Trinajstić information content (AvgIpc) is 3.04. The van der Waals surface area contributed by atoms with Crippen molar-refractivity contribution >= 4 is 27.5 Å². The highest BCUT2D eigenvalue weighted by atomic mass is 32.2. The molecular weight excluding hydrogens is 593 g/mol. The number of sulfonamides is 1. The Hall–Kier alpha value is -4.70. The number of nitrogens with one attached hydrogen (secondary N) is 1. The molecule has 236 valence electrons. The van der Waals surface area contributed by atoms with Crippen LogP contribution in [0.1, 0.15) is 38.3 Å². The first kappa shape index (κ1) is 33.2. The van der Waals surface area contributed by atoms with Gasteiger partial charge in [-0.2, -0.15) is 0 Å². The predicted molar refractivity (Wildman–Crippen MR) is 173 cm³/mol. The predicted octanol–water partition coefficient (Wildman–Crippen LogP) is 6.45. The smallest absolute Gasteiger partial charge is 0.264 e. The molecule has 0 spiro atoms. The topological polar surface area (TPSA) is 96.0 Å². The molecule has 2 atom stereocenters. The third-order valence-electron chi connectivity index (χ3n) is 7.43. The molecule has 0 bridgehead atoms. The Morgan fingerprint density at radius 2 is 1.44 bits per heavy atom. The van der Waals surface area contributed by atoms with E-state index in [1.165, 1.54) is 41.3 Å². The van der Waals surface area contributed by atoms with Crippen LogP contribution in [0.5, 0.6) is 11.5 Å². The standard InChI is InChI=1S/C35H38FN3O5S/c1-5-26(3)37-35(41)27(4)38(23-28-13-15-29(36)16-14-28)34(40)24-39(45(42,43)33-21-11-25(2)12-22-33)30-17-19-32(20-18-30)44-31-9-7-6-8-10-31/h6-22,26-27H,5,23-24H2,1-4H3,(H,37,41). The molecule has 10 heteroatoms. The Labute approximate surface area is 264 Å². The van der Waals surface area contributed by atoms with Crippen LogP contribution < -0.4 is 14.4 Å². The molecule has 1 N–H and O–H groups in total. The Morgan fingerprint density at radius 3 is 2.04 bits per heavy atom. The molecule has 4 rings (SSSR count). The van der Waals surface area contributed by atoms with Gasteiger partial charge in [-0.3, -0.25) is 13.9 Å². The van der Waals surface area contributed by atoms with Crippen molar-refractivity contribution in [1.82, 2.24) is 10.2 Å². The zero-order valence-electron chi connectivity index (χ0n) is 25.8. The zero-order valence-corrected chi connectivity index (χ0v) is 26.6. The van der Waals surface area contributed by atoms with Crippen LogP contribution in [0, 0.1) is 12.7 Å². The van der Waals surface area contributed by atoms with Crippen LogP contribution >= 0.6 is 0 Å². The fourth-order valence-electron chi connectivity index (χ4n) is 4.51. The van der Waals surface area contributed by atoms with Crippen molar-refractivity contribution in [3.05, 3.63) is 120 Å². The molecule has 0 aliphatic rings. The first-order chi connectivity index (χ1) is 21.5. The number of rotatable bonds is 13. The van der Waals surface area contributed by atoms with Crippen molar-refractivity contribution in [2.24, 2.45) is 0 Å². The van der Waals surface area contributed by atoms with E-state index in [1.54, 1.807) is 55.5 Å². The molecule has 2 amide bonds. The second-order valence-corrected chi connectivity index (χ2v) is 12.7. The fraction of sp³-hybridized carbons (Fsp3) is 0.257. The molecule has 0 aliphatic carbocycles. The van der Waals surface area contributed by atoms with E-state index >= 15 is 0 Å². The Balaban J connectivity index is 1.70. The summed E-state index contributed by atoms with van der Waals surface area (Å²) in [5.41, 5.74) is 1.71. The first-order valence-electron chi connectivity index (χ1n) is 14.7. The normalized spacial score (nSPS) is 12.6. The van der Waals surface area contributed by atoms with Crippen LogP contribution in [0.4, 0.5) is 10.1 Å². The van der Waals surface area contributed by atoms with E-state index in [2.05, 4.69) is 5.32 Å². The van der Waals surface area contributed by atoms with Crippen molar-refractivity contribution in [2.45, 2.75) is 57.6 Å². The Bertz CT molecular complexity index is 1680. The molecule has 0 saturated carbocycles. The van der Waals surface area contributed by atoms with Gasteiger partial charge in [-0.1, -0.05) is 55.0 Å². The fourth-order valence-corrected chi connectivity index (χ4v) is 5.92. The molecule has 0 saturated heterocycles. The highest BCUT2D eigenvalue weighted by Gasteiger charge is 2.33. The molecule has 0 heterocycles. The minimum atomic E-state index is -4.22. The Morgan fingerprint density at radius 1 is 0.844 bits per heavy atom. The Kier molecular flexibility index (Phi) is 11.0. The summed E-state index contributed by atoms with van der Waals surface area (Å²) < 4.78 is 48.7. The molecule has 4 aromatic rings. The monoisotopic (exact) mass is 631 g/mol. The van der Waals surface area contributed by atoms with Crippen molar-refractivity contribution in [3.63, 3.8) is 0 Å². The van der Waals surface area contributed by atoms with Gasteiger partial charge in [0.1, 0.15) is 29.9 Å². The summed E-state index contributed by atoms with van der Waals surface area (Å²) in [5, 5.41) is 2.89. The van der Waals surface area contributed by atoms with Gasteiger partial charge < -0.3 is 15.0 Å². The second kappa shape index (κ2) is 14.9. The summed E-state index contributed by atoms with van der Waals surface area (Å²) in [6, 6.07) is 26.4. The van der Waals surface area contributed by atoms with E-state index in [1.807, 2.05) is 39.0 Å². The third kappa shape index (κ3) is 8.69. The van der Waals surface area contributed by atoms with Gasteiger partial charge >= 0.3 is 0 Å². The van der Waals surface area contributed by atoms with Gasteiger partial charge in [0, 0.05) is 12.6 Å². The van der Waals surface area contributed by atoms with Crippen molar-refractivity contribution in [3.8, 4) is 11.5 Å². The minimum absolute atomic E-state index is 0.0122. The molecule has 0 radical (unpaired) electrons. The van der Waals surface area contributed by atoms with Crippen LogP contribution in [-0.4, -0.2) is 43.8 Å². The van der Waals surface area contributed by atoms with E-state index in [4.69, 9.17) is 4.74 Å².